The molecule has 2 rings (SSSR count). The molecule has 2 unspecified atom stereocenters. The van der Waals surface area contributed by atoms with Gasteiger partial charge in [-0.2, -0.15) is 4.31 Å². The van der Waals surface area contributed by atoms with E-state index in [-0.39, 0.29) is 15.8 Å². The van der Waals surface area contributed by atoms with Crippen LogP contribution >= 0.6 is 11.3 Å². The maximum Gasteiger partial charge on any atom is 0.336 e. The number of aromatic carboxylic acids is 1. The van der Waals surface area contributed by atoms with E-state index in [4.69, 9.17) is 5.11 Å². The lowest BCUT2D eigenvalue weighted by atomic mass is 9.95. The number of thiophene rings is 1. The van der Waals surface area contributed by atoms with Gasteiger partial charge in [0.1, 0.15) is 4.21 Å². The normalized spacial score (nSPS) is 25.4. The third-order valence-electron chi connectivity index (χ3n) is 3.46. The van der Waals surface area contributed by atoms with E-state index in [1.807, 2.05) is 6.92 Å². The molecular formula is C12H17NO4S2. The van der Waals surface area contributed by atoms with Crippen molar-refractivity contribution in [1.82, 2.24) is 4.31 Å². The number of rotatable bonds is 3. The van der Waals surface area contributed by atoms with E-state index < -0.39 is 16.0 Å². The summed E-state index contributed by atoms with van der Waals surface area (Å²) < 4.78 is 26.6. The van der Waals surface area contributed by atoms with Crippen LogP contribution in [0.5, 0.6) is 0 Å². The first-order chi connectivity index (χ1) is 8.82. The van der Waals surface area contributed by atoms with Gasteiger partial charge < -0.3 is 5.11 Å². The second kappa shape index (κ2) is 5.22. The standard InChI is InChI=1S/C12H17NO4S2/c1-8-3-4-13(9(2)5-8)19(16,17)11-6-10(7-18-11)12(14)15/h6-9H,3-5H2,1-2H3,(H,14,15). The van der Waals surface area contributed by atoms with Crippen molar-refractivity contribution in [3.8, 4) is 0 Å². The average molecular weight is 303 g/mol. The van der Waals surface area contributed by atoms with Crippen LogP contribution in [0.3, 0.4) is 0 Å². The van der Waals surface area contributed by atoms with Crippen LogP contribution in [-0.4, -0.2) is 36.4 Å². The van der Waals surface area contributed by atoms with E-state index >= 15 is 0 Å². The molecule has 0 bridgehead atoms. The molecule has 1 aliphatic rings. The molecule has 1 aromatic heterocycles. The van der Waals surface area contributed by atoms with Crippen molar-refractivity contribution in [3.05, 3.63) is 17.0 Å². The van der Waals surface area contributed by atoms with E-state index in [1.54, 1.807) is 0 Å². The van der Waals surface area contributed by atoms with E-state index in [1.165, 1.54) is 15.8 Å². The first-order valence-electron chi connectivity index (χ1n) is 6.16. The Labute approximate surface area is 116 Å². The van der Waals surface area contributed by atoms with Gasteiger partial charge >= 0.3 is 5.97 Å². The first kappa shape index (κ1) is 14.5. The third-order valence-corrected chi connectivity index (χ3v) is 6.89. The lowest BCUT2D eigenvalue weighted by Gasteiger charge is -2.35. The Morgan fingerprint density at radius 3 is 2.68 bits per heavy atom. The fourth-order valence-corrected chi connectivity index (χ4v) is 5.36. The fraction of sp³-hybridized carbons (Fsp3) is 0.583. The molecule has 0 radical (unpaired) electrons. The van der Waals surface area contributed by atoms with Crippen LogP contribution in [0.4, 0.5) is 0 Å². The minimum atomic E-state index is -3.56. The average Bonchev–Trinajstić information content (AvgIpc) is 2.78. The summed E-state index contributed by atoms with van der Waals surface area (Å²) in [4.78, 5) is 10.8. The molecule has 106 valence electrons. The number of carboxylic acid groups (broad SMARTS) is 1. The Morgan fingerprint density at radius 2 is 2.16 bits per heavy atom. The van der Waals surface area contributed by atoms with Crippen LogP contribution < -0.4 is 0 Å². The Kier molecular flexibility index (Phi) is 3.98. The number of piperidine rings is 1. The number of nitrogens with zero attached hydrogens (tertiary/aromatic N) is 1. The number of carboxylic acids is 1. The van der Waals surface area contributed by atoms with Crippen molar-refractivity contribution in [2.45, 2.75) is 36.9 Å². The van der Waals surface area contributed by atoms with Gasteiger partial charge in [0.15, 0.2) is 0 Å². The van der Waals surface area contributed by atoms with Gasteiger partial charge in [-0.15, -0.1) is 11.3 Å². The topological polar surface area (TPSA) is 74.7 Å². The van der Waals surface area contributed by atoms with Crippen LogP contribution in [0.15, 0.2) is 15.7 Å². The van der Waals surface area contributed by atoms with E-state index in [2.05, 4.69) is 6.92 Å². The summed E-state index contributed by atoms with van der Waals surface area (Å²) in [5.41, 5.74) is 0.0293. The van der Waals surface area contributed by atoms with Crippen molar-refractivity contribution in [3.63, 3.8) is 0 Å². The molecule has 0 spiro atoms. The van der Waals surface area contributed by atoms with Crippen LogP contribution in [0.1, 0.15) is 37.0 Å². The molecule has 0 amide bonds. The highest BCUT2D eigenvalue weighted by Crippen LogP contribution is 2.30. The minimum Gasteiger partial charge on any atom is -0.478 e. The summed E-state index contributed by atoms with van der Waals surface area (Å²) in [5, 5.41) is 10.2. The molecule has 2 heterocycles. The van der Waals surface area contributed by atoms with Gasteiger partial charge in [0, 0.05) is 18.0 Å². The zero-order chi connectivity index (χ0) is 14.2. The molecule has 0 saturated carbocycles. The number of carbonyl (C=O) groups is 1. The smallest absolute Gasteiger partial charge is 0.336 e. The summed E-state index contributed by atoms with van der Waals surface area (Å²) in [7, 11) is -3.56. The van der Waals surface area contributed by atoms with Crippen LogP contribution in [0.2, 0.25) is 0 Å². The zero-order valence-corrected chi connectivity index (χ0v) is 12.5. The molecule has 0 aliphatic carbocycles. The van der Waals surface area contributed by atoms with E-state index in [0.29, 0.717) is 12.5 Å². The molecule has 1 saturated heterocycles. The fourth-order valence-electron chi connectivity index (χ4n) is 2.42. The van der Waals surface area contributed by atoms with Gasteiger partial charge in [-0.3, -0.25) is 0 Å². The third kappa shape index (κ3) is 2.82. The van der Waals surface area contributed by atoms with Crippen LogP contribution in [0.25, 0.3) is 0 Å². The minimum absolute atomic E-state index is 0.0293. The maximum atomic E-state index is 12.5. The van der Waals surface area contributed by atoms with Gasteiger partial charge in [0.2, 0.25) is 0 Å². The van der Waals surface area contributed by atoms with Crippen molar-refractivity contribution in [2.24, 2.45) is 5.92 Å². The summed E-state index contributed by atoms with van der Waals surface area (Å²) in [6, 6.07) is 1.21. The van der Waals surface area contributed by atoms with Crippen molar-refractivity contribution < 1.29 is 18.3 Å². The van der Waals surface area contributed by atoms with Gasteiger partial charge in [-0.1, -0.05) is 6.92 Å². The molecule has 5 nitrogen and oxygen atoms in total. The van der Waals surface area contributed by atoms with E-state index in [9.17, 15) is 13.2 Å². The predicted molar refractivity (Wildman–Crippen MR) is 73.0 cm³/mol. The van der Waals surface area contributed by atoms with Crippen LogP contribution in [0, 0.1) is 5.92 Å². The number of hydrogen-bond donors (Lipinski definition) is 1. The summed E-state index contributed by atoms with van der Waals surface area (Å²) in [5.74, 6) is -0.572. The second-order valence-electron chi connectivity index (χ2n) is 5.05. The van der Waals surface area contributed by atoms with Crippen molar-refractivity contribution in [1.29, 1.82) is 0 Å². The SMILES string of the molecule is CC1CCN(S(=O)(=O)c2cc(C(=O)O)cs2)C(C)C1. The predicted octanol–water partition coefficient (Wildman–Crippen LogP) is 2.26. The summed E-state index contributed by atoms with van der Waals surface area (Å²) in [6.07, 6.45) is 1.69. The molecule has 19 heavy (non-hydrogen) atoms. The van der Waals surface area contributed by atoms with Crippen molar-refractivity contribution in [2.75, 3.05) is 6.54 Å². The van der Waals surface area contributed by atoms with Gasteiger partial charge in [0.05, 0.1) is 5.56 Å². The lowest BCUT2D eigenvalue weighted by Crippen LogP contribution is -2.43. The van der Waals surface area contributed by atoms with Gasteiger partial charge in [-0.05, 0) is 31.7 Å². The molecule has 1 aliphatic heterocycles. The summed E-state index contributed by atoms with van der Waals surface area (Å²) >= 11 is 0.971. The van der Waals surface area contributed by atoms with Gasteiger partial charge in [0.25, 0.3) is 10.0 Å². The first-order valence-corrected chi connectivity index (χ1v) is 8.48. The van der Waals surface area contributed by atoms with E-state index in [0.717, 1.165) is 24.2 Å². The number of sulfonamides is 1. The largest absolute Gasteiger partial charge is 0.478 e. The zero-order valence-electron chi connectivity index (χ0n) is 10.9. The highest BCUT2D eigenvalue weighted by atomic mass is 32.2. The Morgan fingerprint density at radius 1 is 1.47 bits per heavy atom. The maximum absolute atomic E-state index is 12.5. The molecule has 1 N–H and O–H groups in total. The van der Waals surface area contributed by atoms with Crippen molar-refractivity contribution >= 4 is 27.3 Å². The summed E-state index contributed by atoms with van der Waals surface area (Å²) in [6.45, 7) is 4.53. The monoisotopic (exact) mass is 303 g/mol. The lowest BCUT2D eigenvalue weighted by molar-refractivity contribution is 0.0697. The second-order valence-corrected chi connectivity index (χ2v) is 8.08. The Bertz CT molecular complexity index is 578. The molecular weight excluding hydrogens is 286 g/mol. The van der Waals surface area contributed by atoms with Gasteiger partial charge in [-0.25, -0.2) is 13.2 Å². The quantitative estimate of drug-likeness (QED) is 0.929. The molecule has 1 aromatic rings. The molecule has 7 heteroatoms. The molecule has 1 fully saturated rings. The Balaban J connectivity index is 2.28. The highest BCUT2D eigenvalue weighted by Gasteiger charge is 2.34. The Hall–Kier alpha value is -0.920. The highest BCUT2D eigenvalue weighted by molar-refractivity contribution is 7.91. The van der Waals surface area contributed by atoms with Crippen LogP contribution in [-0.2, 0) is 10.0 Å². The number of hydrogen-bond acceptors (Lipinski definition) is 4. The molecule has 0 aromatic carbocycles. The molecule has 2 atom stereocenters.